The van der Waals surface area contributed by atoms with Gasteiger partial charge in [-0.2, -0.15) is 0 Å². The zero-order valence-corrected chi connectivity index (χ0v) is 28.4. The van der Waals surface area contributed by atoms with Crippen LogP contribution in [-0.2, 0) is 31.6 Å². The summed E-state index contributed by atoms with van der Waals surface area (Å²) in [6, 6.07) is 12.1. The second kappa shape index (κ2) is 13.6. The number of halogens is 2. The van der Waals surface area contributed by atoms with E-state index < -0.39 is 28.5 Å². The van der Waals surface area contributed by atoms with Crippen LogP contribution in [0.2, 0.25) is 10.0 Å². The number of sulfonamides is 1. The van der Waals surface area contributed by atoms with Crippen LogP contribution in [-0.4, -0.2) is 50.5 Å². The third-order valence-electron chi connectivity index (χ3n) is 10.0. The molecule has 0 heterocycles. The lowest BCUT2D eigenvalue weighted by Gasteiger charge is -2.57. The van der Waals surface area contributed by atoms with E-state index >= 15 is 0 Å². The molecule has 44 heavy (non-hydrogen) atoms. The molecule has 10 heteroatoms. The standard InChI is InChI=1S/C34H45Cl2N3O4S/c1-4-6-13-37-33(41)31(5-2)38(21-23-7-12-29(35)30(36)17-23)32(40)22-39(44(3,42)43)28-10-8-27(9-11-28)34-18-24-14-25(19-34)16-26(15-24)20-34/h7-12,17,24-26,31H,4-6,13-16,18-22H2,1-3H3,(H,37,41)/t24?,25?,26?,31-,34?/m1/s1. The molecule has 0 spiro atoms. The average Bonchev–Trinajstić information content (AvgIpc) is 2.96. The van der Waals surface area contributed by atoms with E-state index in [4.69, 9.17) is 23.2 Å². The SMILES string of the molecule is CCCCNC(=O)[C@@H](CC)N(Cc1ccc(Cl)c(Cl)c1)C(=O)CN(c1ccc(C23CC4CC(CC(C4)C2)C3)cc1)S(C)(=O)=O. The van der Waals surface area contributed by atoms with Crippen LogP contribution in [0.25, 0.3) is 0 Å². The molecule has 4 fully saturated rings. The first-order valence-electron chi connectivity index (χ1n) is 16.0. The van der Waals surface area contributed by atoms with Crippen LogP contribution in [0.1, 0.15) is 82.8 Å². The van der Waals surface area contributed by atoms with Crippen LogP contribution >= 0.6 is 23.2 Å². The van der Waals surface area contributed by atoms with Gasteiger partial charge in [-0.1, -0.05) is 61.7 Å². The summed E-state index contributed by atoms with van der Waals surface area (Å²) in [5.74, 6) is 1.68. The molecule has 1 N–H and O–H groups in total. The minimum atomic E-state index is -3.81. The summed E-state index contributed by atoms with van der Waals surface area (Å²) in [4.78, 5) is 28.8. The van der Waals surface area contributed by atoms with E-state index in [1.807, 2.05) is 26.0 Å². The van der Waals surface area contributed by atoms with Crippen molar-refractivity contribution in [2.45, 2.75) is 89.6 Å². The van der Waals surface area contributed by atoms with Crippen LogP contribution in [0.5, 0.6) is 0 Å². The van der Waals surface area contributed by atoms with Crippen LogP contribution in [0.4, 0.5) is 5.69 Å². The minimum Gasteiger partial charge on any atom is -0.354 e. The average molecular weight is 663 g/mol. The number of anilines is 1. The van der Waals surface area contributed by atoms with Gasteiger partial charge in [-0.3, -0.25) is 13.9 Å². The van der Waals surface area contributed by atoms with Crippen LogP contribution in [0.3, 0.4) is 0 Å². The lowest BCUT2D eigenvalue weighted by atomic mass is 9.48. The second-order valence-corrected chi connectivity index (χ2v) is 16.1. The molecule has 6 rings (SSSR count). The molecular formula is C34H45Cl2N3O4S. The number of carbonyl (C=O) groups excluding carboxylic acids is 2. The Morgan fingerprint density at radius 3 is 2.09 bits per heavy atom. The number of hydrogen-bond acceptors (Lipinski definition) is 4. The van der Waals surface area contributed by atoms with E-state index in [-0.39, 0.29) is 17.9 Å². The maximum absolute atomic E-state index is 14.0. The van der Waals surface area contributed by atoms with Gasteiger partial charge >= 0.3 is 0 Å². The van der Waals surface area contributed by atoms with Crippen molar-refractivity contribution in [3.8, 4) is 0 Å². The molecule has 2 aromatic carbocycles. The smallest absolute Gasteiger partial charge is 0.244 e. The monoisotopic (exact) mass is 661 g/mol. The van der Waals surface area contributed by atoms with E-state index in [0.29, 0.717) is 34.3 Å². The molecule has 240 valence electrons. The van der Waals surface area contributed by atoms with Gasteiger partial charge in [0.2, 0.25) is 21.8 Å². The van der Waals surface area contributed by atoms with E-state index in [1.165, 1.54) is 49.0 Å². The van der Waals surface area contributed by atoms with Gasteiger partial charge in [-0.25, -0.2) is 8.42 Å². The Morgan fingerprint density at radius 1 is 0.955 bits per heavy atom. The summed E-state index contributed by atoms with van der Waals surface area (Å²) < 4.78 is 27.4. The van der Waals surface area contributed by atoms with Crippen LogP contribution in [0, 0.1) is 17.8 Å². The van der Waals surface area contributed by atoms with Crippen molar-refractivity contribution < 1.29 is 18.0 Å². The van der Waals surface area contributed by atoms with Crippen molar-refractivity contribution in [2.75, 3.05) is 23.7 Å². The molecule has 1 atom stereocenters. The van der Waals surface area contributed by atoms with Crippen molar-refractivity contribution in [1.82, 2.24) is 10.2 Å². The Hall–Kier alpha value is -2.29. The Morgan fingerprint density at radius 2 is 1.57 bits per heavy atom. The van der Waals surface area contributed by atoms with Gasteiger partial charge in [-0.15, -0.1) is 0 Å². The Labute approximate surface area is 272 Å². The molecular weight excluding hydrogens is 617 g/mol. The number of rotatable bonds is 13. The summed E-state index contributed by atoms with van der Waals surface area (Å²) in [6.45, 7) is 4.05. The molecule has 0 aliphatic heterocycles. The third kappa shape index (κ3) is 7.23. The fourth-order valence-electron chi connectivity index (χ4n) is 8.32. The molecule has 0 saturated heterocycles. The number of carbonyl (C=O) groups is 2. The maximum Gasteiger partial charge on any atom is 0.244 e. The van der Waals surface area contributed by atoms with Gasteiger partial charge in [0.25, 0.3) is 0 Å². The highest BCUT2D eigenvalue weighted by Gasteiger charge is 2.51. The fourth-order valence-corrected chi connectivity index (χ4v) is 9.49. The van der Waals surface area contributed by atoms with Crippen molar-refractivity contribution in [1.29, 1.82) is 0 Å². The third-order valence-corrected chi connectivity index (χ3v) is 11.9. The molecule has 2 aromatic rings. The largest absolute Gasteiger partial charge is 0.354 e. The highest BCUT2D eigenvalue weighted by molar-refractivity contribution is 7.92. The van der Waals surface area contributed by atoms with Gasteiger partial charge in [0.15, 0.2) is 0 Å². The van der Waals surface area contributed by atoms with Crippen LogP contribution < -0.4 is 9.62 Å². The Bertz CT molecular complexity index is 1430. The number of hydrogen-bond donors (Lipinski definition) is 1. The molecule has 4 saturated carbocycles. The van der Waals surface area contributed by atoms with Crippen molar-refractivity contribution >= 4 is 50.7 Å². The lowest BCUT2D eigenvalue weighted by Crippen LogP contribution is -2.52. The highest BCUT2D eigenvalue weighted by Crippen LogP contribution is 2.60. The van der Waals surface area contributed by atoms with Gasteiger partial charge in [-0.05, 0) is 110 Å². The zero-order valence-electron chi connectivity index (χ0n) is 26.0. The summed E-state index contributed by atoms with van der Waals surface area (Å²) in [6.07, 6.45) is 11.0. The fraction of sp³-hybridized carbons (Fsp3) is 0.588. The molecule has 0 radical (unpaired) electrons. The molecule has 4 aliphatic rings. The predicted octanol–water partition coefficient (Wildman–Crippen LogP) is 6.95. The zero-order chi connectivity index (χ0) is 31.6. The molecule has 7 nitrogen and oxygen atoms in total. The van der Waals surface area contributed by atoms with E-state index in [0.717, 1.165) is 41.2 Å². The quantitative estimate of drug-likeness (QED) is 0.235. The van der Waals surface area contributed by atoms with E-state index in [1.54, 1.807) is 18.2 Å². The number of benzene rings is 2. The van der Waals surface area contributed by atoms with Crippen molar-refractivity contribution in [3.63, 3.8) is 0 Å². The summed E-state index contributed by atoms with van der Waals surface area (Å²) in [5.41, 5.74) is 2.62. The van der Waals surface area contributed by atoms with Gasteiger partial charge < -0.3 is 10.2 Å². The molecule has 4 aliphatic carbocycles. The summed E-state index contributed by atoms with van der Waals surface area (Å²) >= 11 is 12.4. The van der Waals surface area contributed by atoms with Gasteiger partial charge in [0, 0.05) is 13.1 Å². The summed E-state index contributed by atoms with van der Waals surface area (Å²) in [5, 5.41) is 3.67. The number of nitrogens with zero attached hydrogens (tertiary/aromatic N) is 2. The maximum atomic E-state index is 14.0. The minimum absolute atomic E-state index is 0.0813. The predicted molar refractivity (Wildman–Crippen MR) is 177 cm³/mol. The van der Waals surface area contributed by atoms with Crippen molar-refractivity contribution in [3.05, 3.63) is 63.6 Å². The van der Waals surface area contributed by atoms with E-state index in [9.17, 15) is 18.0 Å². The first kappa shape index (κ1) is 33.1. The van der Waals surface area contributed by atoms with Gasteiger partial charge in [0.1, 0.15) is 12.6 Å². The molecule has 2 amide bonds. The first-order valence-corrected chi connectivity index (χ1v) is 18.6. The number of unbranched alkanes of at least 4 members (excludes halogenated alkanes) is 1. The second-order valence-electron chi connectivity index (χ2n) is 13.4. The van der Waals surface area contributed by atoms with Crippen molar-refractivity contribution in [2.24, 2.45) is 17.8 Å². The lowest BCUT2D eigenvalue weighted by molar-refractivity contribution is -0.140. The Balaban J connectivity index is 1.40. The normalized spacial score (nSPS) is 24.6. The van der Waals surface area contributed by atoms with Gasteiger partial charge in [0.05, 0.1) is 22.0 Å². The number of nitrogens with one attached hydrogen (secondary N) is 1. The molecule has 0 aromatic heterocycles. The first-order chi connectivity index (χ1) is 20.9. The highest BCUT2D eigenvalue weighted by atomic mass is 35.5. The van der Waals surface area contributed by atoms with Crippen LogP contribution in [0.15, 0.2) is 42.5 Å². The van der Waals surface area contributed by atoms with E-state index in [2.05, 4.69) is 17.4 Å². The Kier molecular flexibility index (Phi) is 10.2. The molecule has 4 bridgehead atoms. The topological polar surface area (TPSA) is 86.8 Å². The summed E-state index contributed by atoms with van der Waals surface area (Å²) in [7, 11) is -3.81. The number of amides is 2. The molecule has 0 unspecified atom stereocenters.